The minimum Gasteiger partial charge on any atom is -0.497 e. The van der Waals surface area contributed by atoms with Crippen LogP contribution in [0.2, 0.25) is 0 Å². The normalized spacial score (nSPS) is 11.5. The third-order valence-corrected chi connectivity index (χ3v) is 5.34. The van der Waals surface area contributed by atoms with E-state index in [1.807, 2.05) is 54.6 Å². The lowest BCUT2D eigenvalue weighted by atomic mass is 9.92. The van der Waals surface area contributed by atoms with Crippen molar-refractivity contribution in [2.75, 3.05) is 14.2 Å². The molecular formula is C27H23NO3. The van der Waals surface area contributed by atoms with E-state index in [-0.39, 0.29) is 0 Å². The van der Waals surface area contributed by atoms with Crippen molar-refractivity contribution in [2.24, 2.45) is 0 Å². The van der Waals surface area contributed by atoms with Crippen LogP contribution in [0.3, 0.4) is 0 Å². The molecule has 0 spiro atoms. The second-order valence-electron chi connectivity index (χ2n) is 7.32. The molecule has 0 radical (unpaired) electrons. The predicted octanol–water partition coefficient (Wildman–Crippen LogP) is 6.59. The second-order valence-corrected chi connectivity index (χ2v) is 7.32. The average Bonchev–Trinajstić information content (AvgIpc) is 3.25. The number of rotatable bonds is 6. The van der Waals surface area contributed by atoms with Gasteiger partial charge in [-0.2, -0.15) is 5.26 Å². The minimum absolute atomic E-state index is 0.547. The zero-order valence-corrected chi connectivity index (χ0v) is 17.8. The van der Waals surface area contributed by atoms with Crippen LogP contribution in [0.1, 0.15) is 22.8 Å². The van der Waals surface area contributed by atoms with Crippen molar-refractivity contribution < 1.29 is 13.9 Å². The van der Waals surface area contributed by atoms with Gasteiger partial charge >= 0.3 is 0 Å². The zero-order valence-electron chi connectivity index (χ0n) is 17.8. The number of methoxy groups -OCH3 is 2. The number of nitriles is 1. The van der Waals surface area contributed by atoms with Crippen molar-refractivity contribution in [3.05, 3.63) is 95.7 Å². The third kappa shape index (κ3) is 4.17. The summed E-state index contributed by atoms with van der Waals surface area (Å²) in [4.78, 5) is 0. The van der Waals surface area contributed by atoms with Gasteiger partial charge in [-0.25, -0.2) is 0 Å². The largest absolute Gasteiger partial charge is 0.497 e. The SMILES string of the molecule is COc1ccc(-c2cc(-c3ccc(C)cc3)c(C(C#N)c3ccc(OC)cc3)o2)cc1. The molecule has 0 aliphatic rings. The highest BCUT2D eigenvalue weighted by atomic mass is 16.5. The van der Waals surface area contributed by atoms with Crippen LogP contribution in [0, 0.1) is 18.3 Å². The number of hydrogen-bond acceptors (Lipinski definition) is 4. The number of benzene rings is 3. The summed E-state index contributed by atoms with van der Waals surface area (Å²) in [6.45, 7) is 2.05. The Morgan fingerprint density at radius 2 is 1.32 bits per heavy atom. The fourth-order valence-corrected chi connectivity index (χ4v) is 3.56. The lowest BCUT2D eigenvalue weighted by Crippen LogP contribution is -1.99. The van der Waals surface area contributed by atoms with Gasteiger partial charge in [-0.1, -0.05) is 42.0 Å². The van der Waals surface area contributed by atoms with Gasteiger partial charge in [-0.3, -0.25) is 0 Å². The van der Waals surface area contributed by atoms with Crippen molar-refractivity contribution in [1.82, 2.24) is 0 Å². The Hall–Kier alpha value is -3.97. The lowest BCUT2D eigenvalue weighted by Gasteiger charge is -2.11. The maximum Gasteiger partial charge on any atom is 0.135 e. The molecule has 1 unspecified atom stereocenters. The molecule has 4 heteroatoms. The molecule has 1 aromatic heterocycles. The third-order valence-electron chi connectivity index (χ3n) is 5.34. The fourth-order valence-electron chi connectivity index (χ4n) is 3.56. The Balaban J connectivity index is 1.84. The Kier molecular flexibility index (Phi) is 5.77. The highest BCUT2D eigenvalue weighted by Crippen LogP contribution is 2.39. The first-order chi connectivity index (χ1) is 15.1. The Morgan fingerprint density at radius 3 is 1.87 bits per heavy atom. The van der Waals surface area contributed by atoms with E-state index in [4.69, 9.17) is 13.9 Å². The maximum absolute atomic E-state index is 10.1. The quantitative estimate of drug-likeness (QED) is 0.360. The van der Waals surface area contributed by atoms with Gasteiger partial charge < -0.3 is 13.9 Å². The first-order valence-corrected chi connectivity index (χ1v) is 10.0. The molecule has 31 heavy (non-hydrogen) atoms. The molecule has 0 fully saturated rings. The molecule has 3 aromatic carbocycles. The summed E-state index contributed by atoms with van der Waals surface area (Å²) in [6.07, 6.45) is 0. The van der Waals surface area contributed by atoms with E-state index in [1.54, 1.807) is 14.2 Å². The van der Waals surface area contributed by atoms with Gasteiger partial charge in [-0.05, 0) is 60.5 Å². The number of aryl methyl sites for hydroxylation is 1. The van der Waals surface area contributed by atoms with Crippen LogP contribution in [-0.4, -0.2) is 14.2 Å². The minimum atomic E-state index is -0.547. The molecule has 0 saturated carbocycles. The molecule has 154 valence electrons. The summed E-state index contributed by atoms with van der Waals surface area (Å²) >= 11 is 0. The molecule has 1 heterocycles. The lowest BCUT2D eigenvalue weighted by molar-refractivity contribution is 0.414. The smallest absolute Gasteiger partial charge is 0.135 e. The van der Waals surface area contributed by atoms with Crippen LogP contribution < -0.4 is 9.47 Å². The number of furan rings is 1. The molecular weight excluding hydrogens is 386 g/mol. The second kappa shape index (κ2) is 8.81. The standard InChI is InChI=1S/C27H23NO3/c1-18-4-6-19(7-5-18)24-16-26(21-10-14-23(30-3)15-11-21)31-27(24)25(17-28)20-8-12-22(29-2)13-9-20/h4-16,25H,1-3H3. The van der Waals surface area contributed by atoms with E-state index in [9.17, 15) is 5.26 Å². The van der Waals surface area contributed by atoms with Crippen LogP contribution in [0.25, 0.3) is 22.5 Å². The van der Waals surface area contributed by atoms with E-state index in [2.05, 4.69) is 37.3 Å². The predicted molar refractivity (Wildman–Crippen MR) is 121 cm³/mol. The molecule has 0 N–H and O–H groups in total. The van der Waals surface area contributed by atoms with Gasteiger partial charge in [0.1, 0.15) is 28.9 Å². The summed E-state index contributed by atoms with van der Waals surface area (Å²) in [6, 6.07) is 27.9. The molecule has 0 saturated heterocycles. The van der Waals surface area contributed by atoms with Crippen molar-refractivity contribution in [3.63, 3.8) is 0 Å². The Morgan fingerprint density at radius 1 is 0.774 bits per heavy atom. The Labute approximate surface area is 182 Å². The van der Waals surface area contributed by atoms with E-state index in [0.717, 1.165) is 33.8 Å². The van der Waals surface area contributed by atoms with Crippen LogP contribution in [0.5, 0.6) is 11.5 Å². The van der Waals surface area contributed by atoms with Gasteiger partial charge in [0.05, 0.1) is 20.3 Å². The monoisotopic (exact) mass is 409 g/mol. The fraction of sp³-hybridized carbons (Fsp3) is 0.148. The van der Waals surface area contributed by atoms with Crippen molar-refractivity contribution >= 4 is 0 Å². The van der Waals surface area contributed by atoms with Gasteiger partial charge in [0.2, 0.25) is 0 Å². The van der Waals surface area contributed by atoms with Gasteiger partial charge in [0.25, 0.3) is 0 Å². The molecule has 0 amide bonds. The van der Waals surface area contributed by atoms with Crippen LogP contribution in [0.15, 0.2) is 83.3 Å². The summed E-state index contributed by atoms with van der Waals surface area (Å²) in [5.74, 6) is 2.32. The van der Waals surface area contributed by atoms with E-state index in [1.165, 1.54) is 5.56 Å². The molecule has 0 aliphatic heterocycles. The van der Waals surface area contributed by atoms with Crippen molar-refractivity contribution in [1.29, 1.82) is 5.26 Å². The van der Waals surface area contributed by atoms with E-state index in [0.29, 0.717) is 11.5 Å². The van der Waals surface area contributed by atoms with E-state index >= 15 is 0 Å². The van der Waals surface area contributed by atoms with Crippen LogP contribution in [0.4, 0.5) is 0 Å². The first-order valence-electron chi connectivity index (χ1n) is 10.0. The molecule has 4 nitrogen and oxygen atoms in total. The number of nitrogens with zero attached hydrogens (tertiary/aromatic N) is 1. The van der Waals surface area contributed by atoms with Crippen LogP contribution >= 0.6 is 0 Å². The van der Waals surface area contributed by atoms with Crippen molar-refractivity contribution in [2.45, 2.75) is 12.8 Å². The number of hydrogen-bond donors (Lipinski definition) is 0. The van der Waals surface area contributed by atoms with Gasteiger partial charge in [0, 0.05) is 11.1 Å². The zero-order chi connectivity index (χ0) is 21.8. The topological polar surface area (TPSA) is 55.4 Å². The van der Waals surface area contributed by atoms with Gasteiger partial charge in [-0.15, -0.1) is 0 Å². The molecule has 0 aliphatic carbocycles. The molecule has 4 aromatic rings. The summed E-state index contributed by atoms with van der Waals surface area (Å²) in [5.41, 5.74) is 4.88. The van der Waals surface area contributed by atoms with E-state index < -0.39 is 5.92 Å². The summed E-state index contributed by atoms with van der Waals surface area (Å²) < 4.78 is 16.8. The van der Waals surface area contributed by atoms with Crippen LogP contribution in [-0.2, 0) is 0 Å². The highest BCUT2D eigenvalue weighted by molar-refractivity contribution is 5.74. The molecule has 4 rings (SSSR count). The molecule has 1 atom stereocenters. The Bertz CT molecular complexity index is 1200. The summed E-state index contributed by atoms with van der Waals surface area (Å²) in [7, 11) is 3.27. The summed E-state index contributed by atoms with van der Waals surface area (Å²) in [5, 5.41) is 10.1. The average molecular weight is 409 g/mol. The first kappa shape index (κ1) is 20.3. The molecule has 0 bridgehead atoms. The van der Waals surface area contributed by atoms with Gasteiger partial charge in [0.15, 0.2) is 0 Å². The maximum atomic E-state index is 10.1. The van der Waals surface area contributed by atoms with Crippen molar-refractivity contribution in [3.8, 4) is 40.0 Å². The highest BCUT2D eigenvalue weighted by Gasteiger charge is 2.24. The number of ether oxygens (including phenoxy) is 2.